The van der Waals surface area contributed by atoms with Gasteiger partial charge in [0.05, 0.1) is 32.5 Å². The number of Topliss-reactive ketones (excluding diaryl/α,β-unsaturated/α-hetero) is 1. The largest absolute Gasteiger partial charge is 0.487 e. The maximum atomic E-state index is 13.1. The van der Waals surface area contributed by atoms with E-state index in [4.69, 9.17) is 18.9 Å². The van der Waals surface area contributed by atoms with Crippen LogP contribution >= 0.6 is 21.6 Å². The van der Waals surface area contributed by atoms with Crippen LogP contribution in [0.5, 0.6) is 11.5 Å². The van der Waals surface area contributed by atoms with Gasteiger partial charge in [-0.3, -0.25) is 14.4 Å². The smallest absolute Gasteiger partial charge is 0.311 e. The molecular weight excluding hydrogens is 893 g/mol. The second-order valence-electron chi connectivity index (χ2n) is 21.8. The minimum Gasteiger partial charge on any atom is -0.487 e. The number of ether oxygens (including phenoxy) is 4. The van der Waals surface area contributed by atoms with Crippen LogP contribution in [0.3, 0.4) is 0 Å². The van der Waals surface area contributed by atoms with E-state index < -0.39 is 5.97 Å². The topological polar surface area (TPSA) is 112 Å². The van der Waals surface area contributed by atoms with Gasteiger partial charge in [-0.2, -0.15) is 0 Å². The zero-order valence-electron chi connectivity index (χ0n) is 44.3. The quantitative estimate of drug-likeness (QED) is 0.0296. The molecule has 3 atom stereocenters. The van der Waals surface area contributed by atoms with E-state index in [-0.39, 0.29) is 49.0 Å². The van der Waals surface area contributed by atoms with Crippen molar-refractivity contribution in [3.63, 3.8) is 0 Å². The van der Waals surface area contributed by atoms with Crippen LogP contribution in [0.2, 0.25) is 0 Å². The second-order valence-corrected chi connectivity index (χ2v) is 24.5. The molecule has 3 aliphatic rings. The number of hydrogen-bond acceptors (Lipinski definition) is 12. The summed E-state index contributed by atoms with van der Waals surface area (Å²) in [6.07, 6.45) is 20.2. The molecule has 0 N–H and O–H groups in total. The van der Waals surface area contributed by atoms with Crippen molar-refractivity contribution in [1.29, 1.82) is 0 Å². The average molecular weight is 988 g/mol. The van der Waals surface area contributed by atoms with Gasteiger partial charge in [0.15, 0.2) is 0 Å². The fraction of sp³-hybridized carbons (Fsp3) is 0.821. The summed E-state index contributed by atoms with van der Waals surface area (Å²) in [4.78, 5) is 53.6. The van der Waals surface area contributed by atoms with Crippen molar-refractivity contribution >= 4 is 45.3 Å². The predicted octanol–water partition coefficient (Wildman–Crippen LogP) is 12.9. The molecule has 0 saturated carbocycles. The Kier molecular flexibility index (Phi) is 26.8. The molecule has 0 aliphatic carbocycles. The lowest BCUT2D eigenvalue weighted by molar-refractivity contribution is -0.147. The van der Waals surface area contributed by atoms with Crippen molar-refractivity contribution in [3.05, 3.63) is 22.3 Å². The Hall–Kier alpha value is -2.28. The third-order valence-corrected chi connectivity index (χ3v) is 17.7. The first-order valence-corrected chi connectivity index (χ1v) is 29.5. The summed E-state index contributed by atoms with van der Waals surface area (Å²) in [6.45, 7) is 26.9. The van der Waals surface area contributed by atoms with Crippen molar-refractivity contribution in [2.45, 2.75) is 203 Å². The van der Waals surface area contributed by atoms with Crippen molar-refractivity contribution in [2.24, 2.45) is 29.6 Å². The molecule has 12 heteroatoms. The standard InChI is InChI=1S/C56H94N2O8S2/c1-41(2)13-10-14-42(3)15-11-16-43(4)17-12-29-56(9)30-22-50-47(8)54(45(6)46(7)55(50)66-56)65-53(62)21-20-52(61)64-38-28-49-25-33-58(34-26-49)36-40-68-67-39-35-57-31-23-48(24-32-57)27-37-63-51(60)19-18-44(5)59/h41-43,48-49H,10-40H2,1-9H3. The summed E-state index contributed by atoms with van der Waals surface area (Å²) in [5.41, 5.74) is 3.88. The first kappa shape index (κ1) is 58.3. The average Bonchev–Trinajstić information content (AvgIpc) is 3.30. The normalized spacial score (nSPS) is 19.3. The predicted molar refractivity (Wildman–Crippen MR) is 282 cm³/mol. The molecule has 0 radical (unpaired) electrons. The molecular formula is C56H94N2O8S2. The number of nitrogens with zero attached hydrogens (tertiary/aromatic N) is 2. The number of fused-ring (bicyclic) bond motifs is 1. The summed E-state index contributed by atoms with van der Waals surface area (Å²) in [5.74, 6) is 6.43. The molecule has 0 spiro atoms. The van der Waals surface area contributed by atoms with Crippen LogP contribution in [0.15, 0.2) is 0 Å². The van der Waals surface area contributed by atoms with Crippen molar-refractivity contribution in [3.8, 4) is 11.5 Å². The summed E-state index contributed by atoms with van der Waals surface area (Å²) >= 11 is 0. The lowest BCUT2D eigenvalue weighted by Crippen LogP contribution is -2.37. The van der Waals surface area contributed by atoms with Crippen LogP contribution < -0.4 is 9.47 Å². The lowest BCUT2D eigenvalue weighted by atomic mass is 9.83. The van der Waals surface area contributed by atoms with Crippen molar-refractivity contribution in [2.75, 3.05) is 64.0 Å². The van der Waals surface area contributed by atoms with E-state index in [2.05, 4.69) is 51.3 Å². The number of carbonyl (C=O) groups is 4. The fourth-order valence-electron chi connectivity index (χ4n) is 10.3. The van der Waals surface area contributed by atoms with Crippen LogP contribution in [0.25, 0.3) is 0 Å². The number of likely N-dealkylation sites (tertiary alicyclic amines) is 2. The van der Waals surface area contributed by atoms with E-state index in [1.54, 1.807) is 0 Å². The molecule has 2 saturated heterocycles. The summed E-state index contributed by atoms with van der Waals surface area (Å²) in [6, 6.07) is 0. The summed E-state index contributed by atoms with van der Waals surface area (Å²) < 4.78 is 23.7. The van der Waals surface area contributed by atoms with Crippen LogP contribution in [0, 0.1) is 50.4 Å². The number of carbonyl (C=O) groups excluding carboxylic acids is 4. The summed E-state index contributed by atoms with van der Waals surface area (Å²) in [7, 11) is 3.95. The minimum absolute atomic E-state index is 0.00138. The van der Waals surface area contributed by atoms with Crippen molar-refractivity contribution in [1.82, 2.24) is 9.80 Å². The number of rotatable bonds is 32. The van der Waals surface area contributed by atoms with Crippen LogP contribution in [0.1, 0.15) is 192 Å². The molecule has 388 valence electrons. The molecule has 10 nitrogen and oxygen atoms in total. The molecule has 0 aromatic heterocycles. The van der Waals surface area contributed by atoms with Gasteiger partial charge in [0, 0.05) is 36.6 Å². The Labute approximate surface area is 421 Å². The number of benzene rings is 1. The van der Waals surface area contributed by atoms with Gasteiger partial charge in [0.1, 0.15) is 22.9 Å². The number of ketones is 1. The molecule has 1 aromatic carbocycles. The van der Waals surface area contributed by atoms with Gasteiger partial charge >= 0.3 is 17.9 Å². The van der Waals surface area contributed by atoms with Gasteiger partial charge in [0.25, 0.3) is 0 Å². The molecule has 4 rings (SSSR count). The van der Waals surface area contributed by atoms with Crippen LogP contribution in [0.4, 0.5) is 0 Å². The third kappa shape index (κ3) is 22.0. The highest BCUT2D eigenvalue weighted by atomic mass is 33.1. The van der Waals surface area contributed by atoms with Crippen LogP contribution in [-0.2, 0) is 35.1 Å². The molecule has 3 aliphatic heterocycles. The maximum Gasteiger partial charge on any atom is 0.311 e. The highest BCUT2D eigenvalue weighted by molar-refractivity contribution is 8.76. The Bertz CT molecular complexity index is 1690. The van der Waals surface area contributed by atoms with Gasteiger partial charge < -0.3 is 33.5 Å². The van der Waals surface area contributed by atoms with E-state index in [9.17, 15) is 19.2 Å². The SMILES string of the molecule is CC(=O)CCC(=O)OCCC1CCN(CCSSCCN2CCC(CCOC(=O)CCC(=O)Oc3c(C)c(C)c4c(c3C)CCC(C)(CCCC(C)CCCC(C)CCCC(C)C)O4)CC2)CC1. The van der Waals surface area contributed by atoms with E-state index in [1.807, 2.05) is 35.4 Å². The molecule has 1 aromatic rings. The maximum absolute atomic E-state index is 13.1. The van der Waals surface area contributed by atoms with Gasteiger partial charge in [-0.25, -0.2) is 0 Å². The zero-order chi connectivity index (χ0) is 49.5. The summed E-state index contributed by atoms with van der Waals surface area (Å²) in [5, 5.41) is 0. The van der Waals surface area contributed by atoms with Gasteiger partial charge in [-0.05, 0) is 171 Å². The van der Waals surface area contributed by atoms with Gasteiger partial charge in [-0.1, -0.05) is 94.2 Å². The Morgan fingerprint density at radius 3 is 1.66 bits per heavy atom. The lowest BCUT2D eigenvalue weighted by Gasteiger charge is -2.38. The monoisotopic (exact) mass is 987 g/mol. The van der Waals surface area contributed by atoms with Crippen LogP contribution in [-0.4, -0.2) is 103 Å². The molecule has 3 heterocycles. The van der Waals surface area contributed by atoms with Gasteiger partial charge in [0.2, 0.25) is 0 Å². The minimum atomic E-state index is -0.401. The Morgan fingerprint density at radius 2 is 1.15 bits per heavy atom. The Morgan fingerprint density at radius 1 is 0.662 bits per heavy atom. The number of piperidine rings is 2. The highest BCUT2D eigenvalue weighted by Crippen LogP contribution is 2.45. The highest BCUT2D eigenvalue weighted by Gasteiger charge is 2.35. The first-order chi connectivity index (χ1) is 32.5. The van der Waals surface area contributed by atoms with E-state index in [0.29, 0.717) is 30.8 Å². The van der Waals surface area contributed by atoms with Gasteiger partial charge in [-0.15, -0.1) is 0 Å². The Balaban J connectivity index is 1.02. The van der Waals surface area contributed by atoms with E-state index in [1.165, 1.54) is 58.3 Å². The molecule has 3 unspecified atom stereocenters. The molecule has 2 fully saturated rings. The van der Waals surface area contributed by atoms with Crippen molar-refractivity contribution < 1.29 is 38.1 Å². The first-order valence-electron chi connectivity index (χ1n) is 27.0. The van der Waals surface area contributed by atoms with E-state index in [0.717, 1.165) is 154 Å². The second kappa shape index (κ2) is 31.2. The molecule has 0 bridgehead atoms. The van der Waals surface area contributed by atoms with E-state index >= 15 is 0 Å². The fourth-order valence-corrected chi connectivity index (χ4v) is 12.4. The molecule has 68 heavy (non-hydrogen) atoms. The third-order valence-electron chi connectivity index (χ3n) is 15.3. The zero-order valence-corrected chi connectivity index (χ0v) is 45.9. The molecule has 0 amide bonds. The number of hydrogen-bond donors (Lipinski definition) is 0. The number of esters is 3.